The van der Waals surface area contributed by atoms with Crippen molar-refractivity contribution in [3.63, 3.8) is 0 Å². The van der Waals surface area contributed by atoms with E-state index in [1.807, 2.05) is 0 Å². The Balaban J connectivity index is 3.37. The van der Waals surface area contributed by atoms with Crippen molar-refractivity contribution >= 4 is 28.5 Å². The van der Waals surface area contributed by atoms with E-state index in [4.69, 9.17) is 5.73 Å². The van der Waals surface area contributed by atoms with Gasteiger partial charge in [-0.15, -0.1) is 0 Å². The van der Waals surface area contributed by atoms with Crippen molar-refractivity contribution in [2.45, 2.75) is 0 Å². The normalized spacial score (nSPS) is 9.92. The van der Waals surface area contributed by atoms with Crippen LogP contribution in [-0.2, 0) is 0 Å². The molecule has 0 aromatic heterocycles. The highest BCUT2D eigenvalue weighted by atomic mass is 127. The molecule has 0 radical (unpaired) electrons. The Hall–Kier alpha value is -0.720. The standard InChI is InChI=1S/C7H4F2INO/c8-5-2-3(10)1-4(6(5)9)7(11)12/h1-2H,(H2,11,12). The van der Waals surface area contributed by atoms with Crippen LogP contribution in [0.25, 0.3) is 0 Å². The van der Waals surface area contributed by atoms with E-state index >= 15 is 0 Å². The van der Waals surface area contributed by atoms with Gasteiger partial charge in [-0.25, -0.2) is 8.78 Å². The van der Waals surface area contributed by atoms with E-state index in [2.05, 4.69) is 0 Å². The van der Waals surface area contributed by atoms with Crippen LogP contribution in [0.4, 0.5) is 8.78 Å². The number of halogens is 3. The Kier molecular flexibility index (Phi) is 2.61. The molecule has 0 aliphatic carbocycles. The minimum absolute atomic E-state index is 0.417. The predicted molar refractivity (Wildman–Crippen MR) is 47.6 cm³/mol. The summed E-state index contributed by atoms with van der Waals surface area (Å²) in [5.74, 6) is -3.22. The average molecular weight is 283 g/mol. The van der Waals surface area contributed by atoms with Gasteiger partial charge in [-0.1, -0.05) is 0 Å². The van der Waals surface area contributed by atoms with Gasteiger partial charge < -0.3 is 5.73 Å². The Morgan fingerprint density at radius 3 is 2.50 bits per heavy atom. The van der Waals surface area contributed by atoms with Gasteiger partial charge in [-0.2, -0.15) is 0 Å². The first-order chi connectivity index (χ1) is 5.52. The molecule has 0 bridgehead atoms. The van der Waals surface area contributed by atoms with Gasteiger partial charge in [0.25, 0.3) is 5.91 Å². The van der Waals surface area contributed by atoms with Gasteiger partial charge in [0.2, 0.25) is 0 Å². The quantitative estimate of drug-likeness (QED) is 0.618. The number of hydrogen-bond donors (Lipinski definition) is 1. The SMILES string of the molecule is NC(=O)c1cc(I)cc(F)c1F. The van der Waals surface area contributed by atoms with Crippen molar-refractivity contribution in [2.75, 3.05) is 0 Å². The molecule has 2 N–H and O–H groups in total. The zero-order valence-corrected chi connectivity index (χ0v) is 7.93. The van der Waals surface area contributed by atoms with Gasteiger partial charge in [-0.3, -0.25) is 4.79 Å². The summed E-state index contributed by atoms with van der Waals surface area (Å²) in [5, 5.41) is 0. The van der Waals surface area contributed by atoms with Crippen molar-refractivity contribution in [3.05, 3.63) is 32.9 Å². The van der Waals surface area contributed by atoms with Crippen LogP contribution in [0.1, 0.15) is 10.4 Å². The Labute approximate surface area is 80.9 Å². The number of carbonyl (C=O) groups is 1. The number of rotatable bonds is 1. The third-order valence-corrected chi connectivity index (χ3v) is 1.88. The topological polar surface area (TPSA) is 43.1 Å². The lowest BCUT2D eigenvalue weighted by atomic mass is 10.2. The molecule has 0 saturated heterocycles. The van der Waals surface area contributed by atoms with E-state index in [0.29, 0.717) is 3.57 Å². The van der Waals surface area contributed by atoms with Crippen LogP contribution < -0.4 is 5.73 Å². The molecule has 2 nitrogen and oxygen atoms in total. The second kappa shape index (κ2) is 3.34. The summed E-state index contributed by atoms with van der Waals surface area (Å²) in [6.45, 7) is 0. The molecule has 0 heterocycles. The molecule has 0 spiro atoms. The average Bonchev–Trinajstić information content (AvgIpc) is 1.96. The molecule has 1 rings (SSSR count). The molecular weight excluding hydrogens is 279 g/mol. The lowest BCUT2D eigenvalue weighted by molar-refractivity contribution is 0.0995. The summed E-state index contributed by atoms with van der Waals surface area (Å²) in [4.78, 5) is 10.5. The molecule has 5 heteroatoms. The fraction of sp³-hybridized carbons (Fsp3) is 0. The minimum Gasteiger partial charge on any atom is -0.366 e. The Morgan fingerprint density at radius 2 is 2.00 bits per heavy atom. The van der Waals surface area contributed by atoms with Crippen molar-refractivity contribution in [3.8, 4) is 0 Å². The summed E-state index contributed by atoms with van der Waals surface area (Å²) >= 11 is 1.77. The van der Waals surface area contributed by atoms with Crippen molar-refractivity contribution < 1.29 is 13.6 Å². The minimum atomic E-state index is -1.19. The van der Waals surface area contributed by atoms with Gasteiger partial charge in [0.05, 0.1) is 5.56 Å². The van der Waals surface area contributed by atoms with E-state index in [1.54, 1.807) is 22.6 Å². The maximum Gasteiger partial charge on any atom is 0.251 e. The molecule has 1 amide bonds. The van der Waals surface area contributed by atoms with Crippen molar-refractivity contribution in [2.24, 2.45) is 5.73 Å². The molecule has 0 atom stereocenters. The Bertz CT molecular complexity index is 340. The largest absolute Gasteiger partial charge is 0.366 e. The first-order valence-corrected chi connectivity index (χ1v) is 4.04. The first kappa shape index (κ1) is 9.37. The van der Waals surface area contributed by atoms with Crippen molar-refractivity contribution in [1.29, 1.82) is 0 Å². The van der Waals surface area contributed by atoms with Crippen molar-refractivity contribution in [1.82, 2.24) is 0 Å². The van der Waals surface area contributed by atoms with Crippen LogP contribution in [0.3, 0.4) is 0 Å². The molecule has 1 aromatic carbocycles. The molecule has 0 fully saturated rings. The van der Waals surface area contributed by atoms with E-state index in [9.17, 15) is 13.6 Å². The third-order valence-electron chi connectivity index (χ3n) is 1.26. The highest BCUT2D eigenvalue weighted by Crippen LogP contribution is 2.15. The van der Waals surface area contributed by atoms with Crippen LogP contribution in [0.2, 0.25) is 0 Å². The lowest BCUT2D eigenvalue weighted by Crippen LogP contribution is -2.14. The van der Waals surface area contributed by atoms with Crippen LogP contribution in [0, 0.1) is 15.2 Å². The van der Waals surface area contributed by atoms with Gasteiger partial charge in [-0.05, 0) is 34.7 Å². The van der Waals surface area contributed by atoms with E-state index in [-0.39, 0.29) is 0 Å². The summed E-state index contributed by atoms with van der Waals surface area (Å²) in [5.41, 5.74) is 4.39. The van der Waals surface area contributed by atoms with Gasteiger partial charge >= 0.3 is 0 Å². The van der Waals surface area contributed by atoms with E-state index in [1.165, 1.54) is 6.07 Å². The summed E-state index contributed by atoms with van der Waals surface area (Å²) in [6.07, 6.45) is 0. The monoisotopic (exact) mass is 283 g/mol. The van der Waals surface area contributed by atoms with Crippen LogP contribution in [0.5, 0.6) is 0 Å². The summed E-state index contributed by atoms with van der Waals surface area (Å²) < 4.78 is 25.8. The number of primary amides is 1. The molecule has 0 aliphatic rings. The van der Waals surface area contributed by atoms with Crippen LogP contribution in [-0.4, -0.2) is 5.91 Å². The molecule has 0 saturated carbocycles. The zero-order chi connectivity index (χ0) is 9.30. The first-order valence-electron chi connectivity index (χ1n) is 2.96. The fourth-order valence-corrected chi connectivity index (χ4v) is 1.32. The number of amides is 1. The maximum absolute atomic E-state index is 12.8. The second-order valence-electron chi connectivity index (χ2n) is 2.11. The molecular formula is C7H4F2INO. The predicted octanol–water partition coefficient (Wildman–Crippen LogP) is 1.67. The van der Waals surface area contributed by atoms with Gasteiger partial charge in [0.1, 0.15) is 0 Å². The highest BCUT2D eigenvalue weighted by Gasteiger charge is 2.13. The highest BCUT2D eigenvalue weighted by molar-refractivity contribution is 14.1. The van der Waals surface area contributed by atoms with Crippen LogP contribution >= 0.6 is 22.6 Å². The molecule has 12 heavy (non-hydrogen) atoms. The van der Waals surface area contributed by atoms with Gasteiger partial charge in [0, 0.05) is 3.57 Å². The maximum atomic E-state index is 12.8. The Morgan fingerprint density at radius 1 is 1.42 bits per heavy atom. The summed E-state index contributed by atoms with van der Waals surface area (Å²) in [6, 6.07) is 2.18. The van der Waals surface area contributed by atoms with Crippen LogP contribution in [0.15, 0.2) is 12.1 Å². The molecule has 0 unspecified atom stereocenters. The molecule has 1 aromatic rings. The molecule has 0 aliphatic heterocycles. The van der Waals surface area contributed by atoms with E-state index in [0.717, 1.165) is 6.07 Å². The number of hydrogen-bond acceptors (Lipinski definition) is 1. The fourth-order valence-electron chi connectivity index (χ4n) is 0.735. The number of nitrogens with two attached hydrogens (primary N) is 1. The number of benzene rings is 1. The number of carbonyl (C=O) groups excluding carboxylic acids is 1. The molecule has 64 valence electrons. The summed E-state index contributed by atoms with van der Waals surface area (Å²) in [7, 11) is 0. The van der Waals surface area contributed by atoms with Gasteiger partial charge in [0.15, 0.2) is 11.6 Å². The second-order valence-corrected chi connectivity index (χ2v) is 3.36. The lowest BCUT2D eigenvalue weighted by Gasteiger charge is -1.99. The third kappa shape index (κ3) is 1.71. The van der Waals surface area contributed by atoms with E-state index < -0.39 is 23.1 Å². The smallest absolute Gasteiger partial charge is 0.251 e. The zero-order valence-electron chi connectivity index (χ0n) is 5.77.